The number of hydrogen-bond donors (Lipinski definition) is 0. The van der Waals surface area contributed by atoms with E-state index in [1.165, 1.54) is 59.9 Å². The van der Waals surface area contributed by atoms with Gasteiger partial charge in [0.2, 0.25) is 0 Å². The van der Waals surface area contributed by atoms with E-state index in [-0.39, 0.29) is 0 Å². The lowest BCUT2D eigenvalue weighted by atomic mass is 9.91. The number of aromatic nitrogens is 1. The van der Waals surface area contributed by atoms with Gasteiger partial charge in [-0.2, -0.15) is 0 Å². The molecule has 7 aromatic rings. The molecule has 38 heavy (non-hydrogen) atoms. The summed E-state index contributed by atoms with van der Waals surface area (Å²) in [6.45, 7) is 3.23. The number of hydrogen-bond acceptors (Lipinski definition) is 1. The van der Waals surface area contributed by atoms with E-state index < -0.39 is 6.89 Å². The SMILES string of the molecule is C=P(C)(C)c1ccc(-c2cccc(-c3c4ccc5ccccc5c4nc4c3ccc3ccccc34)c2)cc1. The van der Waals surface area contributed by atoms with Crippen molar-refractivity contribution in [3.05, 3.63) is 121 Å². The summed E-state index contributed by atoms with van der Waals surface area (Å²) in [7, 11) is 0. The highest BCUT2D eigenvalue weighted by molar-refractivity contribution is 7.79. The van der Waals surface area contributed by atoms with Crippen molar-refractivity contribution >= 4 is 61.8 Å². The Hall–Kier alpha value is -4.19. The molecule has 0 bridgehead atoms. The Morgan fingerprint density at radius 1 is 0.500 bits per heavy atom. The van der Waals surface area contributed by atoms with Crippen LogP contribution in [0.25, 0.3) is 65.6 Å². The van der Waals surface area contributed by atoms with Gasteiger partial charge in [0.05, 0.1) is 11.0 Å². The Morgan fingerprint density at radius 3 is 1.63 bits per heavy atom. The number of pyridine rings is 1. The molecule has 0 saturated carbocycles. The molecule has 0 N–H and O–H groups in total. The van der Waals surface area contributed by atoms with E-state index in [0.717, 1.165) is 11.0 Å². The first-order valence-electron chi connectivity index (χ1n) is 13.0. The van der Waals surface area contributed by atoms with Gasteiger partial charge in [-0.1, -0.05) is 128 Å². The maximum atomic E-state index is 5.33. The molecule has 0 amide bonds. The highest BCUT2D eigenvalue weighted by atomic mass is 31.2. The Balaban J connectivity index is 1.54. The highest BCUT2D eigenvalue weighted by Gasteiger charge is 2.16. The van der Waals surface area contributed by atoms with Crippen LogP contribution in [0, 0.1) is 0 Å². The predicted molar refractivity (Wildman–Crippen MR) is 171 cm³/mol. The van der Waals surface area contributed by atoms with E-state index in [1.807, 2.05) is 0 Å². The Kier molecular flexibility index (Phi) is 5.25. The molecule has 7 rings (SSSR count). The maximum absolute atomic E-state index is 5.33. The van der Waals surface area contributed by atoms with Gasteiger partial charge in [0.25, 0.3) is 0 Å². The van der Waals surface area contributed by atoms with Crippen molar-refractivity contribution in [1.82, 2.24) is 4.98 Å². The van der Waals surface area contributed by atoms with Gasteiger partial charge in [-0.05, 0) is 52.2 Å². The minimum absolute atomic E-state index is 1.05. The van der Waals surface area contributed by atoms with Crippen LogP contribution in [0.2, 0.25) is 0 Å². The summed E-state index contributed by atoms with van der Waals surface area (Å²) < 4.78 is 0. The first-order valence-corrected chi connectivity index (χ1v) is 15.9. The number of rotatable bonds is 3. The Morgan fingerprint density at radius 2 is 1.05 bits per heavy atom. The van der Waals surface area contributed by atoms with Crippen molar-refractivity contribution < 1.29 is 0 Å². The fourth-order valence-electron chi connectivity index (χ4n) is 5.63. The second-order valence-electron chi connectivity index (χ2n) is 10.7. The lowest BCUT2D eigenvalue weighted by molar-refractivity contribution is 1.53. The molecule has 0 aliphatic rings. The van der Waals surface area contributed by atoms with Crippen molar-refractivity contribution in [3.8, 4) is 22.3 Å². The van der Waals surface area contributed by atoms with Crippen LogP contribution < -0.4 is 5.30 Å². The fourth-order valence-corrected chi connectivity index (χ4v) is 6.59. The first kappa shape index (κ1) is 23.0. The average molecular weight is 506 g/mol. The number of fused-ring (bicyclic) bond motifs is 6. The van der Waals surface area contributed by atoms with Crippen LogP contribution in [-0.4, -0.2) is 24.6 Å². The third-order valence-corrected chi connectivity index (χ3v) is 9.31. The van der Waals surface area contributed by atoms with Gasteiger partial charge in [0.1, 0.15) is 0 Å². The molecule has 0 radical (unpaired) electrons. The van der Waals surface area contributed by atoms with Gasteiger partial charge in [-0.3, -0.25) is 0 Å². The largest absolute Gasteiger partial charge is 0.246 e. The molecule has 2 heteroatoms. The van der Waals surface area contributed by atoms with Crippen LogP contribution in [0.3, 0.4) is 0 Å². The number of benzene rings is 6. The molecular formula is C36H28NP. The monoisotopic (exact) mass is 505 g/mol. The normalized spacial score (nSPS) is 12.1. The lowest BCUT2D eigenvalue weighted by Gasteiger charge is -2.16. The summed E-state index contributed by atoms with van der Waals surface area (Å²) in [5.41, 5.74) is 7.00. The summed E-state index contributed by atoms with van der Waals surface area (Å²) >= 11 is 0. The quantitative estimate of drug-likeness (QED) is 0.132. The second-order valence-corrected chi connectivity index (χ2v) is 14.6. The molecule has 1 nitrogen and oxygen atoms in total. The van der Waals surface area contributed by atoms with E-state index in [1.54, 1.807) is 0 Å². The zero-order valence-corrected chi connectivity index (χ0v) is 22.5. The molecule has 0 unspecified atom stereocenters. The minimum Gasteiger partial charge on any atom is -0.246 e. The van der Waals surface area contributed by atoms with Gasteiger partial charge < -0.3 is 0 Å². The van der Waals surface area contributed by atoms with Crippen molar-refractivity contribution in [3.63, 3.8) is 0 Å². The van der Waals surface area contributed by atoms with E-state index in [2.05, 4.69) is 141 Å². The topological polar surface area (TPSA) is 12.9 Å². The number of nitrogens with zero attached hydrogens (tertiary/aromatic N) is 1. The first-order chi connectivity index (χ1) is 18.5. The summed E-state index contributed by atoms with van der Waals surface area (Å²) in [5.74, 6) is 0. The van der Waals surface area contributed by atoms with Crippen molar-refractivity contribution in [2.24, 2.45) is 0 Å². The summed E-state index contributed by atoms with van der Waals surface area (Å²) in [6.07, 6.45) is 4.40. The molecule has 6 aromatic carbocycles. The zero-order chi connectivity index (χ0) is 25.9. The van der Waals surface area contributed by atoms with Crippen molar-refractivity contribution in [1.29, 1.82) is 0 Å². The van der Waals surface area contributed by atoms with E-state index in [9.17, 15) is 0 Å². The van der Waals surface area contributed by atoms with Crippen molar-refractivity contribution in [2.45, 2.75) is 0 Å². The summed E-state index contributed by atoms with van der Waals surface area (Å²) in [5, 5.41) is 8.51. The zero-order valence-electron chi connectivity index (χ0n) is 21.6. The molecule has 0 aliphatic heterocycles. The average Bonchev–Trinajstić information content (AvgIpc) is 2.95. The molecule has 1 heterocycles. The molecular weight excluding hydrogens is 477 g/mol. The summed E-state index contributed by atoms with van der Waals surface area (Å²) in [6, 6.07) is 44.0. The van der Waals surface area contributed by atoms with E-state index in [0.29, 0.717) is 0 Å². The van der Waals surface area contributed by atoms with Crippen LogP contribution in [0.4, 0.5) is 0 Å². The molecule has 0 saturated heterocycles. The molecule has 0 spiro atoms. The predicted octanol–water partition coefficient (Wildman–Crippen LogP) is 9.36. The van der Waals surface area contributed by atoms with E-state index >= 15 is 0 Å². The maximum Gasteiger partial charge on any atom is 0.0794 e. The van der Waals surface area contributed by atoms with Gasteiger partial charge in [0, 0.05) is 27.1 Å². The molecule has 0 fully saturated rings. The molecule has 182 valence electrons. The van der Waals surface area contributed by atoms with Gasteiger partial charge in [0.15, 0.2) is 0 Å². The third-order valence-electron chi connectivity index (χ3n) is 7.61. The van der Waals surface area contributed by atoms with Crippen LogP contribution in [0.5, 0.6) is 0 Å². The van der Waals surface area contributed by atoms with Crippen LogP contribution in [0.1, 0.15) is 0 Å². The van der Waals surface area contributed by atoms with Crippen molar-refractivity contribution in [2.75, 3.05) is 13.3 Å². The Bertz CT molecular complexity index is 1970. The van der Waals surface area contributed by atoms with Gasteiger partial charge in [-0.25, -0.2) is 4.98 Å². The smallest absolute Gasteiger partial charge is 0.0794 e. The van der Waals surface area contributed by atoms with Gasteiger partial charge >= 0.3 is 0 Å². The minimum atomic E-state index is -1.29. The third kappa shape index (κ3) is 3.74. The molecule has 0 aliphatic carbocycles. The van der Waals surface area contributed by atoms with E-state index in [4.69, 9.17) is 4.98 Å². The van der Waals surface area contributed by atoms with Crippen LogP contribution in [0.15, 0.2) is 121 Å². The van der Waals surface area contributed by atoms with Gasteiger partial charge in [-0.15, -0.1) is 0 Å². The standard InChI is InChI=1S/C36H28NP/c1-38(2,3)29-19-15-24(16-20-29)27-11-8-12-28(23-27)34-32-21-17-25-9-4-6-13-30(25)35(32)37-36-31-14-7-5-10-26(31)18-22-33(34)36/h4-23H,1H2,2-3H3. The second kappa shape index (κ2) is 8.69. The lowest BCUT2D eigenvalue weighted by Crippen LogP contribution is -2.01. The van der Waals surface area contributed by atoms with Crippen LogP contribution in [-0.2, 0) is 0 Å². The fraction of sp³-hybridized carbons (Fsp3) is 0.0556. The van der Waals surface area contributed by atoms with Crippen LogP contribution >= 0.6 is 6.89 Å². The highest BCUT2D eigenvalue weighted by Crippen LogP contribution is 2.41. The summed E-state index contributed by atoms with van der Waals surface area (Å²) in [4.78, 5) is 5.33. The Labute approximate surface area is 223 Å². The molecule has 0 atom stereocenters. The molecule has 1 aromatic heterocycles.